The molecule has 9 heteroatoms. The van der Waals surface area contributed by atoms with E-state index in [1.54, 1.807) is 0 Å². The van der Waals surface area contributed by atoms with Gasteiger partial charge in [0.05, 0.1) is 11.7 Å². The van der Waals surface area contributed by atoms with Crippen LogP contribution in [0.25, 0.3) is 21.9 Å². The summed E-state index contributed by atoms with van der Waals surface area (Å²) >= 11 is 0. The first-order chi connectivity index (χ1) is 15.1. The Labute approximate surface area is 180 Å². The van der Waals surface area contributed by atoms with Gasteiger partial charge >= 0.3 is 0 Å². The van der Waals surface area contributed by atoms with Gasteiger partial charge < -0.3 is 20.1 Å². The zero-order valence-electron chi connectivity index (χ0n) is 18.1. The normalized spacial score (nSPS) is 17.9. The fourth-order valence-electron chi connectivity index (χ4n) is 4.17. The molecule has 31 heavy (non-hydrogen) atoms. The maximum Gasteiger partial charge on any atom is 0.230 e. The van der Waals surface area contributed by atoms with E-state index in [4.69, 9.17) is 4.98 Å². The number of rotatable bonds is 5. The van der Waals surface area contributed by atoms with E-state index in [1.165, 1.54) is 0 Å². The molecule has 1 aliphatic heterocycles. The van der Waals surface area contributed by atoms with Gasteiger partial charge in [0.25, 0.3) is 0 Å². The van der Waals surface area contributed by atoms with E-state index < -0.39 is 0 Å². The number of pyridine rings is 1. The van der Waals surface area contributed by atoms with Gasteiger partial charge in [0.15, 0.2) is 11.6 Å². The minimum absolute atomic E-state index is 0.299. The molecule has 0 spiro atoms. The van der Waals surface area contributed by atoms with Crippen molar-refractivity contribution in [3.8, 4) is 0 Å². The summed E-state index contributed by atoms with van der Waals surface area (Å²) in [6.45, 7) is 9.36. The minimum Gasteiger partial charge on any atom is -0.352 e. The first kappa shape index (κ1) is 19.6. The number of nitrogens with zero attached hydrogens (tertiary/aromatic N) is 7. The molecule has 0 saturated carbocycles. The van der Waals surface area contributed by atoms with Crippen LogP contribution in [0.15, 0.2) is 36.8 Å². The van der Waals surface area contributed by atoms with Crippen LogP contribution in [-0.4, -0.2) is 55.4 Å². The van der Waals surface area contributed by atoms with Crippen molar-refractivity contribution in [3.05, 3.63) is 36.8 Å². The zero-order valence-corrected chi connectivity index (χ0v) is 18.1. The van der Waals surface area contributed by atoms with Gasteiger partial charge in [-0.05, 0) is 38.5 Å². The molecule has 5 rings (SSSR count). The molecule has 5 heterocycles. The molecule has 0 bridgehead atoms. The quantitative estimate of drug-likeness (QED) is 0.511. The highest BCUT2D eigenvalue weighted by molar-refractivity contribution is 6.06. The number of anilines is 3. The Morgan fingerprint density at radius 3 is 2.87 bits per heavy atom. The number of fused-ring (bicyclic) bond motifs is 3. The summed E-state index contributed by atoms with van der Waals surface area (Å²) in [6.07, 6.45) is 6.58. The van der Waals surface area contributed by atoms with Crippen molar-refractivity contribution >= 4 is 39.5 Å². The molecule has 160 valence electrons. The SMILES string of the molecule is CC[C@@H](C)n1c2cnccc2c2cnc(Nc3ccc(N4CCN[C@@H](C)C4)nn3)nc21. The monoisotopic (exact) mass is 417 g/mol. The second kappa shape index (κ2) is 8.07. The van der Waals surface area contributed by atoms with Gasteiger partial charge in [-0.3, -0.25) is 4.98 Å². The van der Waals surface area contributed by atoms with Crippen LogP contribution in [0.2, 0.25) is 0 Å². The summed E-state index contributed by atoms with van der Waals surface area (Å²) in [4.78, 5) is 15.9. The smallest absolute Gasteiger partial charge is 0.230 e. The van der Waals surface area contributed by atoms with Crippen LogP contribution in [-0.2, 0) is 0 Å². The van der Waals surface area contributed by atoms with Crippen molar-refractivity contribution < 1.29 is 0 Å². The molecule has 0 aliphatic carbocycles. The average Bonchev–Trinajstić information content (AvgIpc) is 3.13. The van der Waals surface area contributed by atoms with Crippen LogP contribution in [0.5, 0.6) is 0 Å². The van der Waals surface area contributed by atoms with Crippen molar-refractivity contribution in [2.75, 3.05) is 29.9 Å². The zero-order chi connectivity index (χ0) is 21.4. The third-order valence-corrected chi connectivity index (χ3v) is 5.96. The van der Waals surface area contributed by atoms with Crippen molar-refractivity contribution in [1.29, 1.82) is 0 Å². The van der Waals surface area contributed by atoms with E-state index in [2.05, 4.69) is 61.0 Å². The Morgan fingerprint density at radius 1 is 1.19 bits per heavy atom. The van der Waals surface area contributed by atoms with E-state index in [0.717, 1.165) is 53.8 Å². The average molecular weight is 418 g/mol. The second-order valence-corrected chi connectivity index (χ2v) is 8.15. The fourth-order valence-corrected chi connectivity index (χ4v) is 4.17. The molecule has 0 unspecified atom stereocenters. The topological polar surface area (TPSA) is 96.7 Å². The molecule has 1 aliphatic rings. The minimum atomic E-state index is 0.299. The van der Waals surface area contributed by atoms with Crippen LogP contribution < -0.4 is 15.5 Å². The Hall–Kier alpha value is -3.33. The maximum absolute atomic E-state index is 4.83. The van der Waals surface area contributed by atoms with Gasteiger partial charge in [-0.15, -0.1) is 10.2 Å². The lowest BCUT2D eigenvalue weighted by Gasteiger charge is -2.32. The Balaban J connectivity index is 1.45. The van der Waals surface area contributed by atoms with Gasteiger partial charge in [-0.25, -0.2) is 4.98 Å². The molecular weight excluding hydrogens is 390 g/mol. The molecule has 0 amide bonds. The summed E-state index contributed by atoms with van der Waals surface area (Å²) in [5, 5.41) is 17.5. The summed E-state index contributed by atoms with van der Waals surface area (Å²) in [6, 6.07) is 6.69. The van der Waals surface area contributed by atoms with Gasteiger partial charge in [-0.2, -0.15) is 4.98 Å². The molecule has 1 fully saturated rings. The largest absolute Gasteiger partial charge is 0.352 e. The molecule has 2 atom stereocenters. The molecule has 0 aromatic carbocycles. The lowest BCUT2D eigenvalue weighted by Crippen LogP contribution is -2.49. The standard InChI is InChI=1S/C22H27N9/c1-4-15(3)31-18-12-23-8-7-16(18)17-11-25-22(27-21(17)31)26-19-5-6-20(29-28-19)30-10-9-24-14(2)13-30/h5-8,11-12,14-15,24H,4,9-10,13H2,1-3H3,(H,25,26,27,28)/t14-,15+/m0/s1. The van der Waals surface area contributed by atoms with E-state index in [1.807, 2.05) is 36.8 Å². The number of hydrogen-bond donors (Lipinski definition) is 2. The third kappa shape index (κ3) is 3.65. The Kier molecular flexibility index (Phi) is 5.11. The number of nitrogens with one attached hydrogen (secondary N) is 2. The van der Waals surface area contributed by atoms with Crippen LogP contribution in [0.1, 0.15) is 33.2 Å². The van der Waals surface area contributed by atoms with E-state index in [0.29, 0.717) is 23.8 Å². The molecular formula is C22H27N9. The predicted octanol–water partition coefficient (Wildman–Crippen LogP) is 3.28. The van der Waals surface area contributed by atoms with Gasteiger partial charge in [0.1, 0.15) is 5.65 Å². The molecule has 0 radical (unpaired) electrons. The van der Waals surface area contributed by atoms with Crippen molar-refractivity contribution in [3.63, 3.8) is 0 Å². The molecule has 2 N–H and O–H groups in total. The highest BCUT2D eigenvalue weighted by atomic mass is 15.3. The summed E-state index contributed by atoms with van der Waals surface area (Å²) < 4.78 is 2.24. The van der Waals surface area contributed by atoms with Gasteiger partial charge in [0.2, 0.25) is 5.95 Å². The number of hydrogen-bond acceptors (Lipinski definition) is 8. The Bertz CT molecular complexity index is 1200. The third-order valence-electron chi connectivity index (χ3n) is 5.96. The molecule has 9 nitrogen and oxygen atoms in total. The number of piperazine rings is 1. The number of aromatic nitrogens is 6. The summed E-state index contributed by atoms with van der Waals surface area (Å²) in [7, 11) is 0. The fraction of sp³-hybridized carbons (Fsp3) is 0.409. The van der Waals surface area contributed by atoms with Crippen LogP contribution in [0.4, 0.5) is 17.6 Å². The summed E-state index contributed by atoms with van der Waals surface area (Å²) in [5.41, 5.74) is 1.97. The van der Waals surface area contributed by atoms with E-state index in [-0.39, 0.29) is 0 Å². The molecule has 4 aromatic heterocycles. The van der Waals surface area contributed by atoms with Gasteiger partial charge in [-0.1, -0.05) is 6.92 Å². The van der Waals surface area contributed by atoms with Crippen molar-refractivity contribution in [1.82, 2.24) is 35.0 Å². The molecule has 4 aromatic rings. The van der Waals surface area contributed by atoms with E-state index in [9.17, 15) is 0 Å². The highest BCUT2D eigenvalue weighted by Crippen LogP contribution is 2.31. The highest BCUT2D eigenvalue weighted by Gasteiger charge is 2.18. The van der Waals surface area contributed by atoms with Crippen molar-refractivity contribution in [2.24, 2.45) is 0 Å². The predicted molar refractivity (Wildman–Crippen MR) is 123 cm³/mol. The van der Waals surface area contributed by atoms with Crippen LogP contribution in [0, 0.1) is 0 Å². The second-order valence-electron chi connectivity index (χ2n) is 8.15. The molecule has 1 saturated heterocycles. The maximum atomic E-state index is 4.83. The first-order valence-corrected chi connectivity index (χ1v) is 10.8. The lowest BCUT2D eigenvalue weighted by molar-refractivity contribution is 0.481. The van der Waals surface area contributed by atoms with E-state index >= 15 is 0 Å². The van der Waals surface area contributed by atoms with Crippen LogP contribution >= 0.6 is 0 Å². The Morgan fingerprint density at radius 2 is 2.10 bits per heavy atom. The lowest BCUT2D eigenvalue weighted by atomic mass is 10.2. The van der Waals surface area contributed by atoms with Crippen LogP contribution in [0.3, 0.4) is 0 Å². The van der Waals surface area contributed by atoms with Crippen molar-refractivity contribution in [2.45, 2.75) is 39.3 Å². The summed E-state index contributed by atoms with van der Waals surface area (Å²) in [5.74, 6) is 2.02. The van der Waals surface area contributed by atoms with Gasteiger partial charge in [0, 0.05) is 54.9 Å². The first-order valence-electron chi connectivity index (χ1n) is 10.8.